The predicted octanol–water partition coefficient (Wildman–Crippen LogP) is 2.46. The molecule has 0 fully saturated rings. The second-order valence-electron chi connectivity index (χ2n) is 3.52. The van der Waals surface area contributed by atoms with Crippen LogP contribution in [0.25, 0.3) is 0 Å². The van der Waals surface area contributed by atoms with E-state index >= 15 is 0 Å². The van der Waals surface area contributed by atoms with Gasteiger partial charge in [-0.3, -0.25) is 4.98 Å². The molecule has 0 aliphatic heterocycles. The first-order valence-electron chi connectivity index (χ1n) is 5.01. The maximum Gasteiger partial charge on any atom is 0.215 e. The van der Waals surface area contributed by atoms with Gasteiger partial charge >= 0.3 is 0 Å². The molecule has 94 valence electrons. The van der Waals surface area contributed by atoms with E-state index in [1.165, 1.54) is 6.07 Å². The van der Waals surface area contributed by atoms with E-state index in [1.54, 1.807) is 6.92 Å². The summed E-state index contributed by atoms with van der Waals surface area (Å²) in [5.74, 6) is -1.55. The fourth-order valence-electron chi connectivity index (χ4n) is 1.30. The van der Waals surface area contributed by atoms with Gasteiger partial charge in [0.05, 0.1) is 12.4 Å². The van der Waals surface area contributed by atoms with Crippen LogP contribution >= 0.6 is 11.8 Å². The van der Waals surface area contributed by atoms with Crippen LogP contribution in [0.1, 0.15) is 11.3 Å². The normalized spacial score (nSPS) is 10.6. The van der Waals surface area contributed by atoms with Crippen LogP contribution in [0.2, 0.25) is 0 Å². The molecule has 2 aromatic heterocycles. The number of thioether (sulfide) groups is 1. The Morgan fingerprint density at radius 3 is 2.50 bits per heavy atom. The van der Waals surface area contributed by atoms with Gasteiger partial charge in [-0.25, -0.2) is 13.8 Å². The molecule has 7 heteroatoms. The maximum atomic E-state index is 13.3. The van der Waals surface area contributed by atoms with E-state index in [9.17, 15) is 13.9 Å². The van der Waals surface area contributed by atoms with Crippen LogP contribution in [-0.2, 0) is 5.75 Å². The minimum atomic E-state index is -0.709. The molecule has 0 aromatic carbocycles. The van der Waals surface area contributed by atoms with Gasteiger partial charge in [0, 0.05) is 23.1 Å². The molecule has 4 nitrogen and oxygen atoms in total. The van der Waals surface area contributed by atoms with Crippen molar-refractivity contribution in [3.05, 3.63) is 41.4 Å². The Balaban J connectivity index is 2.16. The first-order valence-corrected chi connectivity index (χ1v) is 6.00. The van der Waals surface area contributed by atoms with E-state index in [-0.39, 0.29) is 22.4 Å². The van der Waals surface area contributed by atoms with Crippen molar-refractivity contribution >= 4 is 11.8 Å². The number of hydrogen-bond donors (Lipinski definition) is 1. The molecule has 0 aliphatic carbocycles. The van der Waals surface area contributed by atoms with Gasteiger partial charge in [-0.1, -0.05) is 11.8 Å². The highest BCUT2D eigenvalue weighted by atomic mass is 32.2. The van der Waals surface area contributed by atoms with Crippen LogP contribution in [0.3, 0.4) is 0 Å². The summed E-state index contributed by atoms with van der Waals surface area (Å²) < 4.78 is 26.6. The van der Waals surface area contributed by atoms with Crippen molar-refractivity contribution in [3.63, 3.8) is 0 Å². The largest absolute Gasteiger partial charge is 0.493 e. The summed E-state index contributed by atoms with van der Waals surface area (Å²) in [7, 11) is 0. The summed E-state index contributed by atoms with van der Waals surface area (Å²) in [6.07, 6.45) is 1.90. The molecular formula is C11H9F2N3OS. The van der Waals surface area contributed by atoms with E-state index in [2.05, 4.69) is 15.0 Å². The molecule has 1 N–H and O–H groups in total. The van der Waals surface area contributed by atoms with Gasteiger partial charge in [0.25, 0.3) is 0 Å². The van der Waals surface area contributed by atoms with Crippen molar-refractivity contribution < 1.29 is 13.9 Å². The molecule has 0 radical (unpaired) electrons. The van der Waals surface area contributed by atoms with Gasteiger partial charge in [-0.05, 0) is 6.92 Å². The highest BCUT2D eigenvalue weighted by Crippen LogP contribution is 2.24. The number of nitrogens with zero attached hydrogens (tertiary/aromatic N) is 3. The zero-order valence-electron chi connectivity index (χ0n) is 9.39. The number of pyridine rings is 1. The third-order valence-electron chi connectivity index (χ3n) is 2.12. The Bertz CT molecular complexity index is 540. The summed E-state index contributed by atoms with van der Waals surface area (Å²) in [5.41, 5.74) is 0.500. The zero-order valence-corrected chi connectivity index (χ0v) is 10.2. The lowest BCUT2D eigenvalue weighted by molar-refractivity contribution is 0.444. The van der Waals surface area contributed by atoms with Crippen molar-refractivity contribution in [3.8, 4) is 5.88 Å². The summed E-state index contributed by atoms with van der Waals surface area (Å²) in [6, 6.07) is 1.40. The number of halogens is 2. The summed E-state index contributed by atoms with van der Waals surface area (Å²) in [4.78, 5) is 11.2. The zero-order chi connectivity index (χ0) is 13.1. The number of aromatic nitrogens is 3. The lowest BCUT2D eigenvalue weighted by atomic mass is 10.3. The molecule has 0 saturated heterocycles. The molecule has 0 saturated carbocycles. The van der Waals surface area contributed by atoms with E-state index in [0.717, 1.165) is 24.2 Å². The molecule has 2 rings (SSSR count). The van der Waals surface area contributed by atoms with E-state index < -0.39 is 11.6 Å². The molecule has 2 heterocycles. The lowest BCUT2D eigenvalue weighted by Gasteiger charge is -2.04. The van der Waals surface area contributed by atoms with Gasteiger partial charge < -0.3 is 5.11 Å². The fourth-order valence-corrected chi connectivity index (χ4v) is 2.22. The van der Waals surface area contributed by atoms with Crippen LogP contribution in [-0.4, -0.2) is 20.1 Å². The van der Waals surface area contributed by atoms with Crippen molar-refractivity contribution in [1.29, 1.82) is 0 Å². The number of rotatable bonds is 3. The SMILES string of the molecule is Cc1cc(O)nc(SCc2c(F)cncc2F)n1. The molecular weight excluding hydrogens is 260 g/mol. The average Bonchev–Trinajstić information content (AvgIpc) is 2.27. The van der Waals surface area contributed by atoms with E-state index in [0.29, 0.717) is 5.69 Å². The standard InChI is InChI=1S/C11H9F2N3OS/c1-6-2-10(17)16-11(15-6)18-5-7-8(12)3-14-4-9(7)13/h2-4H,5H2,1H3,(H,15,16,17). The van der Waals surface area contributed by atoms with Crippen LogP contribution < -0.4 is 0 Å². The Kier molecular flexibility index (Phi) is 3.71. The highest BCUT2D eigenvalue weighted by molar-refractivity contribution is 7.98. The lowest BCUT2D eigenvalue weighted by Crippen LogP contribution is -1.96. The molecule has 2 aromatic rings. The van der Waals surface area contributed by atoms with Crippen molar-refractivity contribution in [2.24, 2.45) is 0 Å². The Morgan fingerprint density at radius 1 is 1.22 bits per heavy atom. The first-order chi connectivity index (χ1) is 8.56. The topological polar surface area (TPSA) is 58.9 Å². The number of aryl methyl sites for hydroxylation is 1. The third kappa shape index (κ3) is 2.92. The van der Waals surface area contributed by atoms with Crippen LogP contribution in [0.15, 0.2) is 23.6 Å². The number of aromatic hydroxyl groups is 1. The summed E-state index contributed by atoms with van der Waals surface area (Å²) in [5, 5.41) is 9.54. The van der Waals surface area contributed by atoms with Gasteiger partial charge in [0.1, 0.15) is 11.6 Å². The molecule has 0 amide bonds. The van der Waals surface area contributed by atoms with Crippen LogP contribution in [0, 0.1) is 18.6 Å². The third-order valence-corrected chi connectivity index (χ3v) is 2.99. The summed E-state index contributed by atoms with van der Waals surface area (Å²) in [6.45, 7) is 1.69. The molecule has 0 aliphatic rings. The quantitative estimate of drug-likeness (QED) is 0.685. The first kappa shape index (κ1) is 12.7. The molecule has 18 heavy (non-hydrogen) atoms. The van der Waals surface area contributed by atoms with Crippen molar-refractivity contribution in [2.75, 3.05) is 0 Å². The van der Waals surface area contributed by atoms with Gasteiger partial charge in [-0.2, -0.15) is 4.98 Å². The Labute approximate surface area is 106 Å². The van der Waals surface area contributed by atoms with Crippen LogP contribution in [0.5, 0.6) is 5.88 Å². The molecule has 0 atom stereocenters. The minimum Gasteiger partial charge on any atom is -0.493 e. The minimum absolute atomic E-state index is 0.0308. The molecule has 0 spiro atoms. The second-order valence-corrected chi connectivity index (χ2v) is 4.46. The molecule has 0 unspecified atom stereocenters. The average molecular weight is 269 g/mol. The summed E-state index contributed by atoms with van der Waals surface area (Å²) >= 11 is 1.04. The maximum absolute atomic E-state index is 13.3. The number of hydrogen-bond acceptors (Lipinski definition) is 5. The smallest absolute Gasteiger partial charge is 0.215 e. The van der Waals surface area contributed by atoms with Crippen molar-refractivity contribution in [2.45, 2.75) is 17.8 Å². The van der Waals surface area contributed by atoms with Gasteiger partial charge in [-0.15, -0.1) is 0 Å². The van der Waals surface area contributed by atoms with Crippen LogP contribution in [0.4, 0.5) is 8.78 Å². The Morgan fingerprint density at radius 2 is 1.89 bits per heavy atom. The highest BCUT2D eigenvalue weighted by Gasteiger charge is 2.11. The van der Waals surface area contributed by atoms with Crippen molar-refractivity contribution in [1.82, 2.24) is 15.0 Å². The second kappa shape index (κ2) is 5.26. The monoisotopic (exact) mass is 269 g/mol. The van der Waals surface area contributed by atoms with E-state index in [4.69, 9.17) is 0 Å². The predicted molar refractivity (Wildman–Crippen MR) is 62.1 cm³/mol. The molecule has 0 bridgehead atoms. The van der Waals surface area contributed by atoms with E-state index in [1.807, 2.05) is 0 Å². The fraction of sp³-hybridized carbons (Fsp3) is 0.182. The van der Waals surface area contributed by atoms with Gasteiger partial charge in [0.2, 0.25) is 5.88 Å². The van der Waals surface area contributed by atoms with Gasteiger partial charge in [0.15, 0.2) is 5.16 Å². The Hall–Kier alpha value is -1.76.